The number of aromatic nitrogens is 2. The van der Waals surface area contributed by atoms with Crippen LogP contribution in [0.1, 0.15) is 12.0 Å². The highest BCUT2D eigenvalue weighted by Crippen LogP contribution is 2.46. The smallest absolute Gasteiger partial charge is 0.224 e. The molecule has 1 aliphatic heterocycles. The number of H-pyrrole nitrogens is 1. The number of benzene rings is 3. The van der Waals surface area contributed by atoms with Crippen LogP contribution >= 0.6 is 0 Å². The molecular weight excluding hydrogens is 364 g/mol. The Labute approximate surface area is 167 Å². The van der Waals surface area contributed by atoms with E-state index >= 15 is 0 Å². The van der Waals surface area contributed by atoms with Crippen LogP contribution in [0.2, 0.25) is 0 Å². The molecule has 1 aliphatic rings. The summed E-state index contributed by atoms with van der Waals surface area (Å²) in [5, 5.41) is 15.9. The third kappa shape index (κ3) is 3.08. The Kier molecular flexibility index (Phi) is 4.17. The molecule has 0 saturated carbocycles. The lowest BCUT2D eigenvalue weighted by molar-refractivity contribution is -0.116. The van der Waals surface area contributed by atoms with Gasteiger partial charge < -0.3 is 10.1 Å². The molecule has 5 rings (SSSR count). The van der Waals surface area contributed by atoms with E-state index in [9.17, 15) is 4.79 Å². The van der Waals surface area contributed by atoms with Crippen LogP contribution in [0.25, 0.3) is 22.0 Å². The standard InChI is InChI=1S/C23H19N4O2/c1-29-20-5-3-2-4-14(20)7-11-21(28)25-16-8-10-19-18(12-16)17-9-6-15-13-24-27-22(15)23(17)26-19/h2-6,8-10,12-13H,7,11H2,1H3,(H,24,27)(H,25,28). The number of aromatic amines is 1. The lowest BCUT2D eigenvalue weighted by atomic mass is 10.0. The largest absolute Gasteiger partial charge is 0.496 e. The molecule has 0 unspecified atom stereocenters. The minimum atomic E-state index is -0.0324. The summed E-state index contributed by atoms with van der Waals surface area (Å²) in [6.45, 7) is 0. The lowest BCUT2D eigenvalue weighted by Gasteiger charge is -2.09. The first-order valence-corrected chi connectivity index (χ1v) is 9.47. The number of aryl methyl sites for hydroxylation is 1. The molecule has 0 aliphatic carbocycles. The van der Waals surface area contributed by atoms with E-state index in [1.54, 1.807) is 13.3 Å². The summed E-state index contributed by atoms with van der Waals surface area (Å²) in [5.41, 5.74) is 6.57. The topological polar surface area (TPSA) is 81.1 Å². The second-order valence-corrected chi connectivity index (χ2v) is 7.00. The van der Waals surface area contributed by atoms with Gasteiger partial charge in [0.15, 0.2) is 0 Å². The third-order valence-corrected chi connectivity index (χ3v) is 5.21. The van der Waals surface area contributed by atoms with Gasteiger partial charge in [-0.3, -0.25) is 9.89 Å². The normalized spacial score (nSPS) is 11.6. The molecule has 1 amide bonds. The van der Waals surface area contributed by atoms with Crippen molar-refractivity contribution < 1.29 is 9.53 Å². The number of carbonyl (C=O) groups excluding carboxylic acids is 1. The highest BCUT2D eigenvalue weighted by Gasteiger charge is 2.23. The highest BCUT2D eigenvalue weighted by molar-refractivity contribution is 6.04. The lowest BCUT2D eigenvalue weighted by Crippen LogP contribution is -2.12. The van der Waals surface area contributed by atoms with Crippen molar-refractivity contribution in [2.45, 2.75) is 12.8 Å². The molecule has 4 aromatic rings. The molecular formula is C23H19N4O2. The quantitative estimate of drug-likeness (QED) is 0.462. The van der Waals surface area contributed by atoms with Crippen molar-refractivity contribution in [1.82, 2.24) is 15.5 Å². The van der Waals surface area contributed by atoms with Gasteiger partial charge in [-0.05, 0) is 36.2 Å². The summed E-state index contributed by atoms with van der Waals surface area (Å²) >= 11 is 0. The molecule has 3 aromatic carbocycles. The van der Waals surface area contributed by atoms with Crippen molar-refractivity contribution in [3.63, 3.8) is 0 Å². The van der Waals surface area contributed by atoms with Gasteiger partial charge in [-0.15, -0.1) is 0 Å². The number of carbonyl (C=O) groups is 1. The maximum Gasteiger partial charge on any atom is 0.224 e. The van der Waals surface area contributed by atoms with Crippen molar-refractivity contribution >= 4 is 33.9 Å². The number of hydrogen-bond acceptors (Lipinski definition) is 3. The predicted octanol–water partition coefficient (Wildman–Crippen LogP) is 4.69. The van der Waals surface area contributed by atoms with Gasteiger partial charge in [0.2, 0.25) is 5.91 Å². The van der Waals surface area contributed by atoms with E-state index in [0.717, 1.165) is 50.4 Å². The summed E-state index contributed by atoms with van der Waals surface area (Å²) in [6.07, 6.45) is 2.80. The van der Waals surface area contributed by atoms with E-state index in [4.69, 9.17) is 10.1 Å². The number of ether oxygens (including phenoxy) is 1. The van der Waals surface area contributed by atoms with Gasteiger partial charge in [-0.1, -0.05) is 30.3 Å². The van der Waals surface area contributed by atoms with Crippen LogP contribution in [0.4, 0.5) is 17.1 Å². The van der Waals surface area contributed by atoms with Crippen LogP contribution < -0.4 is 15.4 Å². The molecule has 6 nitrogen and oxygen atoms in total. The monoisotopic (exact) mass is 383 g/mol. The van der Waals surface area contributed by atoms with Crippen LogP contribution in [-0.2, 0) is 11.2 Å². The number of amides is 1. The third-order valence-electron chi connectivity index (χ3n) is 5.21. The van der Waals surface area contributed by atoms with Crippen molar-refractivity contribution in [3.05, 3.63) is 66.4 Å². The number of nitrogens with one attached hydrogen (secondary N) is 2. The van der Waals surface area contributed by atoms with Gasteiger partial charge in [0, 0.05) is 28.6 Å². The predicted molar refractivity (Wildman–Crippen MR) is 113 cm³/mol. The van der Waals surface area contributed by atoms with Gasteiger partial charge in [0.05, 0.1) is 30.2 Å². The molecule has 1 aromatic heterocycles. The minimum Gasteiger partial charge on any atom is -0.496 e. The van der Waals surface area contributed by atoms with Gasteiger partial charge in [-0.2, -0.15) is 5.10 Å². The minimum absolute atomic E-state index is 0.0324. The number of para-hydroxylation sites is 1. The molecule has 0 spiro atoms. The van der Waals surface area contributed by atoms with Crippen LogP contribution in [0.3, 0.4) is 0 Å². The van der Waals surface area contributed by atoms with Gasteiger partial charge in [-0.25, -0.2) is 5.32 Å². The van der Waals surface area contributed by atoms with E-state index in [-0.39, 0.29) is 5.91 Å². The number of methoxy groups -OCH3 is 1. The van der Waals surface area contributed by atoms with Gasteiger partial charge >= 0.3 is 0 Å². The van der Waals surface area contributed by atoms with Crippen molar-refractivity contribution in [1.29, 1.82) is 0 Å². The summed E-state index contributed by atoms with van der Waals surface area (Å²) in [7, 11) is 1.64. The Bertz CT molecular complexity index is 1230. The second kappa shape index (κ2) is 6.98. The van der Waals surface area contributed by atoms with Crippen molar-refractivity contribution in [2.75, 3.05) is 12.4 Å². The molecule has 0 atom stereocenters. The van der Waals surface area contributed by atoms with Crippen molar-refractivity contribution in [2.24, 2.45) is 0 Å². The summed E-state index contributed by atoms with van der Waals surface area (Å²) in [4.78, 5) is 12.5. The van der Waals surface area contributed by atoms with Gasteiger partial charge in [0.25, 0.3) is 0 Å². The zero-order valence-corrected chi connectivity index (χ0v) is 15.9. The first kappa shape index (κ1) is 17.3. The second-order valence-electron chi connectivity index (χ2n) is 7.00. The van der Waals surface area contributed by atoms with E-state index in [1.165, 1.54) is 0 Å². The Balaban J connectivity index is 1.33. The summed E-state index contributed by atoms with van der Waals surface area (Å²) < 4.78 is 5.36. The molecule has 0 bridgehead atoms. The first-order chi connectivity index (χ1) is 14.2. The van der Waals surface area contributed by atoms with E-state index in [0.29, 0.717) is 12.8 Å². The Hall–Kier alpha value is -3.80. The van der Waals surface area contributed by atoms with Crippen molar-refractivity contribution in [3.8, 4) is 16.9 Å². The molecule has 6 heteroatoms. The number of nitrogens with zero attached hydrogens (tertiary/aromatic N) is 2. The first-order valence-electron chi connectivity index (χ1n) is 9.47. The number of hydrogen-bond donors (Lipinski definition) is 2. The maximum absolute atomic E-state index is 12.5. The highest BCUT2D eigenvalue weighted by atomic mass is 16.5. The molecule has 2 heterocycles. The van der Waals surface area contributed by atoms with Crippen LogP contribution in [0.15, 0.2) is 60.8 Å². The Morgan fingerprint density at radius 2 is 2.00 bits per heavy atom. The fourth-order valence-electron chi connectivity index (χ4n) is 3.76. The Morgan fingerprint density at radius 1 is 1.10 bits per heavy atom. The fourth-order valence-corrected chi connectivity index (χ4v) is 3.76. The number of rotatable bonds is 5. The Morgan fingerprint density at radius 3 is 2.90 bits per heavy atom. The summed E-state index contributed by atoms with van der Waals surface area (Å²) in [6, 6.07) is 17.7. The van der Waals surface area contributed by atoms with E-state index in [2.05, 4.69) is 21.6 Å². The molecule has 143 valence electrons. The fraction of sp³-hybridized carbons (Fsp3) is 0.130. The number of fused-ring (bicyclic) bond motifs is 5. The SMILES string of the molecule is COc1ccccc1CCC(=O)Nc1ccc2c(c1)-c1ccc3cn[nH]c3c1[N]2. The summed E-state index contributed by atoms with van der Waals surface area (Å²) in [5.74, 6) is 0.774. The zero-order chi connectivity index (χ0) is 19.8. The maximum atomic E-state index is 12.5. The molecule has 1 radical (unpaired) electrons. The molecule has 0 saturated heterocycles. The van der Waals surface area contributed by atoms with Crippen LogP contribution in [0.5, 0.6) is 5.75 Å². The molecule has 0 fully saturated rings. The van der Waals surface area contributed by atoms with E-state index < -0.39 is 0 Å². The molecule has 2 N–H and O–H groups in total. The molecule has 29 heavy (non-hydrogen) atoms. The van der Waals surface area contributed by atoms with Gasteiger partial charge in [0.1, 0.15) is 5.75 Å². The van der Waals surface area contributed by atoms with Crippen LogP contribution in [-0.4, -0.2) is 23.2 Å². The van der Waals surface area contributed by atoms with Crippen LogP contribution in [0, 0.1) is 0 Å². The average Bonchev–Trinajstić information content (AvgIpc) is 3.36. The zero-order valence-electron chi connectivity index (χ0n) is 15.9. The van der Waals surface area contributed by atoms with E-state index in [1.807, 2.05) is 48.5 Å². The number of anilines is 1. The average molecular weight is 383 g/mol.